The summed E-state index contributed by atoms with van der Waals surface area (Å²) in [6.45, 7) is 9.44. The molecule has 0 radical (unpaired) electrons. The molecule has 16 heavy (non-hydrogen) atoms. The molecule has 3 nitrogen and oxygen atoms in total. The molecule has 0 aromatic carbocycles. The van der Waals surface area contributed by atoms with Crippen LogP contribution >= 0.6 is 0 Å². The maximum Gasteiger partial charge on any atom is 0.0446 e. The zero-order chi connectivity index (χ0) is 11.8. The van der Waals surface area contributed by atoms with E-state index in [1.54, 1.807) is 0 Å². The lowest BCUT2D eigenvalue weighted by Crippen LogP contribution is -2.41. The quantitative estimate of drug-likeness (QED) is 0.660. The molecule has 96 valence electrons. The van der Waals surface area contributed by atoms with E-state index < -0.39 is 0 Å². The largest absolute Gasteiger partial charge is 0.396 e. The molecule has 0 spiro atoms. The number of aliphatic hydroxyl groups is 1. The maximum absolute atomic E-state index is 9.05. The summed E-state index contributed by atoms with van der Waals surface area (Å²) in [6.07, 6.45) is 4.71. The summed E-state index contributed by atoms with van der Waals surface area (Å²) in [4.78, 5) is 2.55. The zero-order valence-electron chi connectivity index (χ0n) is 10.9. The SMILES string of the molecule is CCCNC(CCO)CN1CCC(CC)C1. The van der Waals surface area contributed by atoms with Gasteiger partial charge in [0.25, 0.3) is 0 Å². The number of aliphatic hydroxyl groups excluding tert-OH is 1. The van der Waals surface area contributed by atoms with Crippen LogP contribution in [0.15, 0.2) is 0 Å². The van der Waals surface area contributed by atoms with Crippen molar-refractivity contribution in [1.29, 1.82) is 0 Å². The summed E-state index contributed by atoms with van der Waals surface area (Å²) in [5, 5.41) is 12.6. The van der Waals surface area contributed by atoms with E-state index in [0.717, 1.165) is 25.4 Å². The molecule has 0 amide bonds. The van der Waals surface area contributed by atoms with Gasteiger partial charge in [-0.05, 0) is 38.3 Å². The van der Waals surface area contributed by atoms with E-state index in [1.807, 2.05) is 0 Å². The Balaban J connectivity index is 2.25. The molecule has 2 N–H and O–H groups in total. The van der Waals surface area contributed by atoms with Gasteiger partial charge in [-0.1, -0.05) is 20.3 Å². The van der Waals surface area contributed by atoms with Crippen LogP contribution in [0.4, 0.5) is 0 Å². The van der Waals surface area contributed by atoms with Crippen LogP contribution in [-0.4, -0.2) is 48.8 Å². The summed E-state index contributed by atoms with van der Waals surface area (Å²) in [5.74, 6) is 0.904. The molecule has 0 aromatic heterocycles. The van der Waals surface area contributed by atoms with Crippen molar-refractivity contribution in [2.75, 3.05) is 32.8 Å². The average molecular weight is 228 g/mol. The number of hydrogen-bond donors (Lipinski definition) is 2. The van der Waals surface area contributed by atoms with Gasteiger partial charge in [0.2, 0.25) is 0 Å². The van der Waals surface area contributed by atoms with Crippen LogP contribution in [0.5, 0.6) is 0 Å². The van der Waals surface area contributed by atoms with E-state index >= 15 is 0 Å². The Kier molecular flexibility index (Phi) is 7.01. The minimum absolute atomic E-state index is 0.298. The van der Waals surface area contributed by atoms with E-state index in [2.05, 4.69) is 24.1 Å². The Labute approximate surface area is 100 Å². The highest BCUT2D eigenvalue weighted by atomic mass is 16.3. The van der Waals surface area contributed by atoms with Crippen molar-refractivity contribution >= 4 is 0 Å². The molecule has 1 saturated heterocycles. The highest BCUT2D eigenvalue weighted by Gasteiger charge is 2.22. The molecule has 1 fully saturated rings. The first-order chi connectivity index (χ1) is 7.80. The third-order valence-electron chi connectivity index (χ3n) is 3.59. The van der Waals surface area contributed by atoms with Crippen LogP contribution in [0.1, 0.15) is 39.5 Å². The summed E-state index contributed by atoms with van der Waals surface area (Å²) in [7, 11) is 0. The van der Waals surface area contributed by atoms with Gasteiger partial charge in [-0.15, -0.1) is 0 Å². The molecule has 1 rings (SSSR count). The molecule has 2 atom stereocenters. The van der Waals surface area contributed by atoms with E-state index in [0.29, 0.717) is 12.6 Å². The fourth-order valence-corrected chi connectivity index (χ4v) is 2.49. The van der Waals surface area contributed by atoms with E-state index in [1.165, 1.54) is 32.4 Å². The predicted molar refractivity (Wildman–Crippen MR) is 68.6 cm³/mol. The van der Waals surface area contributed by atoms with Crippen LogP contribution in [0, 0.1) is 5.92 Å². The Hall–Kier alpha value is -0.120. The van der Waals surface area contributed by atoms with Crippen molar-refractivity contribution < 1.29 is 5.11 Å². The van der Waals surface area contributed by atoms with E-state index in [-0.39, 0.29) is 0 Å². The topological polar surface area (TPSA) is 35.5 Å². The lowest BCUT2D eigenvalue weighted by atomic mass is 10.1. The van der Waals surface area contributed by atoms with Crippen molar-refractivity contribution in [1.82, 2.24) is 10.2 Å². The Morgan fingerprint density at radius 3 is 2.81 bits per heavy atom. The van der Waals surface area contributed by atoms with Gasteiger partial charge in [-0.25, -0.2) is 0 Å². The second kappa shape index (κ2) is 8.04. The molecule has 0 bridgehead atoms. The molecule has 0 aromatic rings. The summed E-state index contributed by atoms with van der Waals surface area (Å²) < 4.78 is 0. The number of hydrogen-bond acceptors (Lipinski definition) is 3. The van der Waals surface area contributed by atoms with Crippen molar-refractivity contribution in [3.05, 3.63) is 0 Å². The van der Waals surface area contributed by atoms with Gasteiger partial charge in [-0.2, -0.15) is 0 Å². The Morgan fingerprint density at radius 2 is 2.25 bits per heavy atom. The average Bonchev–Trinajstić information content (AvgIpc) is 2.74. The van der Waals surface area contributed by atoms with Crippen LogP contribution in [-0.2, 0) is 0 Å². The second-order valence-electron chi connectivity index (χ2n) is 4.99. The van der Waals surface area contributed by atoms with Crippen LogP contribution in [0.2, 0.25) is 0 Å². The maximum atomic E-state index is 9.05. The van der Waals surface area contributed by atoms with Gasteiger partial charge in [0, 0.05) is 25.7 Å². The Morgan fingerprint density at radius 1 is 1.44 bits per heavy atom. The van der Waals surface area contributed by atoms with Gasteiger partial charge in [-0.3, -0.25) is 0 Å². The van der Waals surface area contributed by atoms with Gasteiger partial charge in [0.05, 0.1) is 0 Å². The van der Waals surface area contributed by atoms with Crippen molar-refractivity contribution in [2.24, 2.45) is 5.92 Å². The lowest BCUT2D eigenvalue weighted by molar-refractivity contribution is 0.225. The first-order valence-corrected chi connectivity index (χ1v) is 6.86. The van der Waals surface area contributed by atoms with E-state index in [4.69, 9.17) is 5.11 Å². The van der Waals surface area contributed by atoms with Gasteiger partial charge in [0.1, 0.15) is 0 Å². The third-order valence-corrected chi connectivity index (χ3v) is 3.59. The normalized spacial score (nSPS) is 23.8. The van der Waals surface area contributed by atoms with Gasteiger partial charge >= 0.3 is 0 Å². The molecule has 1 aliphatic heterocycles. The highest BCUT2D eigenvalue weighted by molar-refractivity contribution is 4.79. The predicted octanol–water partition coefficient (Wildman–Crippen LogP) is 1.47. The lowest BCUT2D eigenvalue weighted by Gasteiger charge is -2.24. The fourth-order valence-electron chi connectivity index (χ4n) is 2.49. The van der Waals surface area contributed by atoms with Crippen molar-refractivity contribution in [2.45, 2.75) is 45.6 Å². The summed E-state index contributed by atoms with van der Waals surface area (Å²) in [5.41, 5.74) is 0. The molecule has 2 unspecified atom stereocenters. The molecular weight excluding hydrogens is 200 g/mol. The van der Waals surface area contributed by atoms with Crippen LogP contribution in [0.25, 0.3) is 0 Å². The highest BCUT2D eigenvalue weighted by Crippen LogP contribution is 2.19. The van der Waals surface area contributed by atoms with Crippen LogP contribution < -0.4 is 5.32 Å². The number of nitrogens with zero attached hydrogens (tertiary/aromatic N) is 1. The summed E-state index contributed by atoms with van der Waals surface area (Å²) in [6, 6.07) is 0.473. The van der Waals surface area contributed by atoms with E-state index in [9.17, 15) is 0 Å². The molecule has 1 aliphatic rings. The first-order valence-electron chi connectivity index (χ1n) is 6.86. The number of nitrogens with one attached hydrogen (secondary N) is 1. The molecule has 1 heterocycles. The third kappa shape index (κ3) is 4.81. The monoisotopic (exact) mass is 228 g/mol. The summed E-state index contributed by atoms with van der Waals surface area (Å²) >= 11 is 0. The number of likely N-dealkylation sites (tertiary alicyclic amines) is 1. The number of rotatable bonds is 8. The van der Waals surface area contributed by atoms with Gasteiger partial charge in [0.15, 0.2) is 0 Å². The standard InChI is InChI=1S/C13H28N2O/c1-3-7-14-13(6-9-16)11-15-8-5-12(4-2)10-15/h12-14,16H,3-11H2,1-2H3. The second-order valence-corrected chi connectivity index (χ2v) is 4.99. The van der Waals surface area contributed by atoms with Crippen molar-refractivity contribution in [3.8, 4) is 0 Å². The minimum atomic E-state index is 0.298. The molecule has 0 aliphatic carbocycles. The molecule has 0 saturated carbocycles. The Bertz CT molecular complexity index is 175. The van der Waals surface area contributed by atoms with Crippen molar-refractivity contribution in [3.63, 3.8) is 0 Å². The first kappa shape index (κ1) is 13.9. The van der Waals surface area contributed by atoms with Gasteiger partial charge < -0.3 is 15.3 Å². The molecular formula is C13H28N2O. The van der Waals surface area contributed by atoms with Crippen LogP contribution in [0.3, 0.4) is 0 Å². The zero-order valence-corrected chi connectivity index (χ0v) is 10.9. The smallest absolute Gasteiger partial charge is 0.0446 e. The molecule has 3 heteroatoms. The fraction of sp³-hybridized carbons (Fsp3) is 1.00. The minimum Gasteiger partial charge on any atom is -0.396 e.